The molecular weight excluding hydrogens is 240 g/mol. The molecule has 1 heterocycles. The predicted octanol–water partition coefficient (Wildman–Crippen LogP) is 2.25. The van der Waals surface area contributed by atoms with Crippen molar-refractivity contribution in [3.05, 3.63) is 11.4 Å². The van der Waals surface area contributed by atoms with Crippen molar-refractivity contribution < 1.29 is 4.74 Å². The first-order valence-corrected chi connectivity index (χ1v) is 6.82. The molecule has 5 nitrogen and oxygen atoms in total. The Labute approximate surface area is 116 Å². The van der Waals surface area contributed by atoms with Gasteiger partial charge in [0.25, 0.3) is 0 Å². The number of hydrogen-bond acceptors (Lipinski definition) is 5. The summed E-state index contributed by atoms with van der Waals surface area (Å²) in [6.07, 6.45) is 1.94. The standard InChI is InChI=1S/C14H26N4O/c1-7-8-12-16-13(15-4)11(3)14(17-12)18(5)10(2)9-19-6/h10H,7-9H2,1-6H3,(H,15,16,17). The second-order valence-electron chi connectivity index (χ2n) is 4.85. The second kappa shape index (κ2) is 7.28. The number of nitrogens with zero attached hydrogens (tertiary/aromatic N) is 3. The third kappa shape index (κ3) is 3.80. The minimum Gasteiger partial charge on any atom is -0.383 e. The largest absolute Gasteiger partial charge is 0.383 e. The van der Waals surface area contributed by atoms with Crippen LogP contribution in [0.1, 0.15) is 31.7 Å². The number of aryl methyl sites for hydroxylation is 1. The van der Waals surface area contributed by atoms with Crippen LogP contribution in [0.2, 0.25) is 0 Å². The van der Waals surface area contributed by atoms with Crippen LogP contribution in [0.15, 0.2) is 0 Å². The third-order valence-electron chi connectivity index (χ3n) is 3.28. The zero-order valence-electron chi connectivity index (χ0n) is 12.9. The molecule has 0 aromatic carbocycles. The van der Waals surface area contributed by atoms with Crippen LogP contribution < -0.4 is 10.2 Å². The van der Waals surface area contributed by atoms with Crippen LogP contribution in [-0.2, 0) is 11.2 Å². The minimum atomic E-state index is 0.276. The number of hydrogen-bond donors (Lipinski definition) is 1. The Morgan fingerprint density at radius 2 is 2.05 bits per heavy atom. The van der Waals surface area contributed by atoms with E-state index in [1.54, 1.807) is 7.11 Å². The van der Waals surface area contributed by atoms with Gasteiger partial charge >= 0.3 is 0 Å². The minimum absolute atomic E-state index is 0.276. The molecule has 1 aromatic rings. The number of aromatic nitrogens is 2. The summed E-state index contributed by atoms with van der Waals surface area (Å²) in [5.41, 5.74) is 1.08. The third-order valence-corrected chi connectivity index (χ3v) is 3.28. The monoisotopic (exact) mass is 266 g/mol. The van der Waals surface area contributed by atoms with Gasteiger partial charge in [0, 0.05) is 33.2 Å². The van der Waals surface area contributed by atoms with Gasteiger partial charge in [-0.1, -0.05) is 6.92 Å². The smallest absolute Gasteiger partial charge is 0.137 e. The summed E-state index contributed by atoms with van der Waals surface area (Å²) in [4.78, 5) is 11.4. The van der Waals surface area contributed by atoms with E-state index in [0.29, 0.717) is 6.61 Å². The average Bonchev–Trinajstić information content (AvgIpc) is 2.40. The van der Waals surface area contributed by atoms with Gasteiger partial charge in [0.2, 0.25) is 0 Å². The lowest BCUT2D eigenvalue weighted by atomic mass is 10.2. The van der Waals surface area contributed by atoms with E-state index in [1.807, 2.05) is 21.0 Å². The van der Waals surface area contributed by atoms with Crippen molar-refractivity contribution in [2.75, 3.05) is 38.0 Å². The molecule has 0 fully saturated rings. The van der Waals surface area contributed by atoms with Gasteiger partial charge in [0.1, 0.15) is 17.5 Å². The van der Waals surface area contributed by atoms with E-state index in [-0.39, 0.29) is 6.04 Å². The zero-order valence-corrected chi connectivity index (χ0v) is 12.9. The highest BCUT2D eigenvalue weighted by Gasteiger charge is 2.17. The molecule has 1 unspecified atom stereocenters. The fraction of sp³-hybridized carbons (Fsp3) is 0.714. The highest BCUT2D eigenvalue weighted by atomic mass is 16.5. The number of rotatable bonds is 7. The first kappa shape index (κ1) is 15.7. The maximum atomic E-state index is 5.22. The summed E-state index contributed by atoms with van der Waals surface area (Å²) in [6.45, 7) is 6.99. The fourth-order valence-electron chi connectivity index (χ4n) is 2.03. The van der Waals surface area contributed by atoms with Crippen LogP contribution >= 0.6 is 0 Å². The summed E-state index contributed by atoms with van der Waals surface area (Å²) >= 11 is 0. The molecular formula is C14H26N4O. The highest BCUT2D eigenvalue weighted by molar-refractivity contribution is 5.58. The summed E-state index contributed by atoms with van der Waals surface area (Å²) in [5.74, 6) is 2.78. The number of anilines is 2. The Hall–Kier alpha value is -1.36. The molecule has 1 N–H and O–H groups in total. The summed E-state index contributed by atoms with van der Waals surface area (Å²) in [5, 5.41) is 3.15. The van der Waals surface area contributed by atoms with Gasteiger partial charge in [-0.25, -0.2) is 9.97 Å². The van der Waals surface area contributed by atoms with Crippen molar-refractivity contribution in [3.8, 4) is 0 Å². The Morgan fingerprint density at radius 1 is 1.37 bits per heavy atom. The maximum Gasteiger partial charge on any atom is 0.137 e. The quantitative estimate of drug-likeness (QED) is 0.820. The summed E-state index contributed by atoms with van der Waals surface area (Å²) < 4.78 is 5.22. The molecule has 0 saturated heterocycles. The SMILES string of the molecule is CCCc1nc(NC)c(C)c(N(C)C(C)COC)n1. The highest BCUT2D eigenvalue weighted by Crippen LogP contribution is 2.24. The van der Waals surface area contributed by atoms with Gasteiger partial charge in [0.05, 0.1) is 12.6 Å². The maximum absolute atomic E-state index is 5.22. The molecule has 0 amide bonds. The van der Waals surface area contributed by atoms with Crippen molar-refractivity contribution in [2.45, 2.75) is 39.7 Å². The van der Waals surface area contributed by atoms with Gasteiger partial charge in [-0.2, -0.15) is 0 Å². The molecule has 1 atom stereocenters. The first-order chi connectivity index (χ1) is 9.04. The van der Waals surface area contributed by atoms with E-state index in [9.17, 15) is 0 Å². The van der Waals surface area contributed by atoms with Gasteiger partial charge in [-0.05, 0) is 20.3 Å². The number of nitrogens with one attached hydrogen (secondary N) is 1. The normalized spacial score (nSPS) is 12.3. The van der Waals surface area contributed by atoms with E-state index < -0.39 is 0 Å². The van der Waals surface area contributed by atoms with E-state index >= 15 is 0 Å². The van der Waals surface area contributed by atoms with Crippen LogP contribution in [0.3, 0.4) is 0 Å². The molecule has 19 heavy (non-hydrogen) atoms. The molecule has 0 aliphatic heterocycles. The Balaban J connectivity index is 3.13. The van der Waals surface area contributed by atoms with Crippen molar-refractivity contribution >= 4 is 11.6 Å². The van der Waals surface area contributed by atoms with Crippen LogP contribution in [0.25, 0.3) is 0 Å². The van der Waals surface area contributed by atoms with E-state index in [2.05, 4.69) is 29.0 Å². The zero-order chi connectivity index (χ0) is 14.4. The second-order valence-corrected chi connectivity index (χ2v) is 4.85. The molecule has 0 aliphatic carbocycles. The lowest BCUT2D eigenvalue weighted by molar-refractivity contribution is 0.183. The Kier molecular flexibility index (Phi) is 6.02. The van der Waals surface area contributed by atoms with Crippen molar-refractivity contribution in [1.82, 2.24) is 9.97 Å². The van der Waals surface area contributed by atoms with Gasteiger partial charge in [-0.3, -0.25) is 0 Å². The molecule has 0 bridgehead atoms. The fourth-order valence-corrected chi connectivity index (χ4v) is 2.03. The number of methoxy groups -OCH3 is 1. The molecule has 108 valence electrons. The molecule has 1 rings (SSSR count). The van der Waals surface area contributed by atoms with Crippen LogP contribution in [0.5, 0.6) is 0 Å². The van der Waals surface area contributed by atoms with Gasteiger partial charge in [-0.15, -0.1) is 0 Å². The van der Waals surface area contributed by atoms with Crippen LogP contribution in [0, 0.1) is 6.92 Å². The molecule has 0 spiro atoms. The number of ether oxygens (including phenoxy) is 1. The van der Waals surface area contributed by atoms with Crippen LogP contribution in [-0.4, -0.2) is 43.8 Å². The van der Waals surface area contributed by atoms with Crippen LogP contribution in [0.4, 0.5) is 11.6 Å². The lowest BCUT2D eigenvalue weighted by Crippen LogP contribution is -2.34. The average molecular weight is 266 g/mol. The van der Waals surface area contributed by atoms with Gasteiger partial charge < -0.3 is 15.0 Å². The predicted molar refractivity (Wildman–Crippen MR) is 80.1 cm³/mol. The summed E-state index contributed by atoms with van der Waals surface area (Å²) in [6, 6.07) is 0.276. The molecule has 1 aromatic heterocycles. The Bertz CT molecular complexity index is 409. The van der Waals surface area contributed by atoms with E-state index in [1.165, 1.54) is 0 Å². The molecule has 0 saturated carbocycles. The summed E-state index contributed by atoms with van der Waals surface area (Å²) in [7, 11) is 5.67. The molecule has 0 radical (unpaired) electrons. The van der Waals surface area contributed by atoms with E-state index in [0.717, 1.165) is 35.9 Å². The molecule has 0 aliphatic rings. The van der Waals surface area contributed by atoms with Crippen molar-refractivity contribution in [1.29, 1.82) is 0 Å². The van der Waals surface area contributed by atoms with E-state index in [4.69, 9.17) is 9.72 Å². The van der Waals surface area contributed by atoms with Crippen molar-refractivity contribution in [2.24, 2.45) is 0 Å². The lowest BCUT2D eigenvalue weighted by Gasteiger charge is -2.27. The first-order valence-electron chi connectivity index (χ1n) is 6.82. The number of likely N-dealkylation sites (N-methyl/N-ethyl adjacent to an activating group) is 1. The molecule has 5 heteroatoms. The topological polar surface area (TPSA) is 50.3 Å². The van der Waals surface area contributed by atoms with Crippen molar-refractivity contribution in [3.63, 3.8) is 0 Å². The van der Waals surface area contributed by atoms with Gasteiger partial charge in [0.15, 0.2) is 0 Å². The Morgan fingerprint density at radius 3 is 2.58 bits per heavy atom.